The van der Waals surface area contributed by atoms with Gasteiger partial charge in [0.2, 0.25) is 5.78 Å². The van der Waals surface area contributed by atoms with Crippen LogP contribution in [-0.4, -0.2) is 12.4 Å². The first-order chi connectivity index (χ1) is 8.16. The summed E-state index contributed by atoms with van der Waals surface area (Å²) in [5.74, 6) is 0.705. The monoisotopic (exact) mass is 422 g/mol. The van der Waals surface area contributed by atoms with Crippen molar-refractivity contribution in [2.24, 2.45) is 0 Å². The second-order valence-corrected chi connectivity index (χ2v) is 6.28. The van der Waals surface area contributed by atoms with Crippen LogP contribution in [0.5, 0.6) is 5.75 Å². The summed E-state index contributed by atoms with van der Waals surface area (Å²) >= 11 is 6.98. The van der Waals surface area contributed by atoms with E-state index in [0.717, 1.165) is 8.04 Å². The molecule has 2 aromatic rings. The lowest BCUT2D eigenvalue weighted by molar-refractivity contribution is 0.0925. The van der Waals surface area contributed by atoms with Gasteiger partial charge in [0.1, 0.15) is 5.75 Å². The predicted octanol–water partition coefficient (Wildman–Crippen LogP) is 4.38. The molecule has 0 N–H and O–H groups in total. The van der Waals surface area contributed by atoms with Gasteiger partial charge in [0.15, 0.2) is 6.61 Å². The minimum atomic E-state index is -0.00887. The summed E-state index contributed by atoms with van der Waals surface area (Å²) < 4.78 is 7.41. The molecular formula is C12H8BrIO2S. The maximum absolute atomic E-state index is 11.8. The number of carbonyl (C=O) groups excluding carboxylic acids is 1. The Bertz CT molecular complexity index is 522. The van der Waals surface area contributed by atoms with Crippen molar-refractivity contribution in [2.75, 3.05) is 6.61 Å². The van der Waals surface area contributed by atoms with Crippen LogP contribution in [0, 0.1) is 3.57 Å². The summed E-state index contributed by atoms with van der Waals surface area (Å²) in [6.07, 6.45) is 0. The quantitative estimate of drug-likeness (QED) is 0.540. The number of benzene rings is 1. The van der Waals surface area contributed by atoms with Gasteiger partial charge in [-0.15, -0.1) is 11.3 Å². The van der Waals surface area contributed by atoms with Gasteiger partial charge < -0.3 is 4.74 Å². The first-order valence-corrected chi connectivity index (χ1v) is 7.56. The van der Waals surface area contributed by atoms with Crippen molar-refractivity contribution in [1.29, 1.82) is 0 Å². The maximum Gasteiger partial charge on any atom is 0.211 e. The molecule has 0 aliphatic rings. The Morgan fingerprint density at radius 2 is 2.00 bits per heavy atom. The standard InChI is InChI=1S/C12H8BrIO2S/c13-10-5-6-17-12(10)11(15)7-16-9-3-1-8(14)2-4-9/h1-6H,7H2. The van der Waals surface area contributed by atoms with E-state index in [4.69, 9.17) is 4.74 Å². The summed E-state index contributed by atoms with van der Waals surface area (Å²) in [6, 6.07) is 9.47. The molecule has 0 saturated heterocycles. The third-order valence-corrected chi connectivity index (χ3v) is 4.65. The third kappa shape index (κ3) is 3.53. The van der Waals surface area contributed by atoms with E-state index < -0.39 is 0 Å². The van der Waals surface area contributed by atoms with Gasteiger partial charge in [-0.2, -0.15) is 0 Å². The smallest absolute Gasteiger partial charge is 0.211 e. The molecule has 2 nitrogen and oxygen atoms in total. The summed E-state index contributed by atoms with van der Waals surface area (Å²) in [5, 5.41) is 1.88. The Kier molecular flexibility index (Phi) is 4.58. The zero-order valence-electron chi connectivity index (χ0n) is 8.65. The fourth-order valence-electron chi connectivity index (χ4n) is 1.24. The van der Waals surface area contributed by atoms with E-state index in [0.29, 0.717) is 10.6 Å². The van der Waals surface area contributed by atoms with E-state index in [2.05, 4.69) is 38.5 Å². The molecule has 0 bridgehead atoms. The summed E-state index contributed by atoms with van der Waals surface area (Å²) in [4.78, 5) is 12.5. The highest BCUT2D eigenvalue weighted by molar-refractivity contribution is 14.1. The third-order valence-electron chi connectivity index (χ3n) is 2.05. The lowest BCUT2D eigenvalue weighted by Crippen LogP contribution is -2.10. The Morgan fingerprint density at radius 1 is 1.29 bits per heavy atom. The molecule has 0 aliphatic heterocycles. The first-order valence-electron chi connectivity index (χ1n) is 4.81. The Labute approximate surface area is 125 Å². The molecule has 0 unspecified atom stereocenters. The lowest BCUT2D eigenvalue weighted by atomic mass is 10.3. The van der Waals surface area contributed by atoms with Crippen molar-refractivity contribution < 1.29 is 9.53 Å². The number of hydrogen-bond acceptors (Lipinski definition) is 3. The molecule has 0 saturated carbocycles. The van der Waals surface area contributed by atoms with E-state index >= 15 is 0 Å². The van der Waals surface area contributed by atoms with Crippen LogP contribution in [-0.2, 0) is 0 Å². The SMILES string of the molecule is O=C(COc1ccc(I)cc1)c1sccc1Br. The Morgan fingerprint density at radius 3 is 2.59 bits per heavy atom. The molecule has 5 heteroatoms. The number of halogens is 2. The number of hydrogen-bond donors (Lipinski definition) is 0. The zero-order chi connectivity index (χ0) is 12.3. The van der Waals surface area contributed by atoms with Gasteiger partial charge in [-0.25, -0.2) is 0 Å². The molecule has 0 atom stereocenters. The second-order valence-electron chi connectivity index (χ2n) is 3.26. The fourth-order valence-corrected chi connectivity index (χ4v) is 3.12. The summed E-state index contributed by atoms with van der Waals surface area (Å²) in [7, 11) is 0. The van der Waals surface area contributed by atoms with Crippen molar-refractivity contribution in [2.45, 2.75) is 0 Å². The van der Waals surface area contributed by atoms with Crippen LogP contribution in [0.4, 0.5) is 0 Å². The zero-order valence-corrected chi connectivity index (χ0v) is 13.2. The van der Waals surface area contributed by atoms with Gasteiger partial charge in [-0.1, -0.05) is 0 Å². The van der Waals surface area contributed by atoms with Crippen LogP contribution in [0.2, 0.25) is 0 Å². The van der Waals surface area contributed by atoms with E-state index in [1.165, 1.54) is 11.3 Å². The van der Waals surface area contributed by atoms with Crippen LogP contribution in [0.1, 0.15) is 9.67 Å². The van der Waals surface area contributed by atoms with Gasteiger partial charge in [-0.3, -0.25) is 4.79 Å². The van der Waals surface area contributed by atoms with Gasteiger partial charge in [0.25, 0.3) is 0 Å². The highest BCUT2D eigenvalue weighted by Crippen LogP contribution is 2.23. The van der Waals surface area contributed by atoms with Crippen molar-refractivity contribution >= 4 is 55.6 Å². The number of ether oxygens (including phenoxy) is 1. The molecule has 0 fully saturated rings. The molecule has 1 aromatic heterocycles. The minimum Gasteiger partial charge on any atom is -0.485 e. The number of Topliss-reactive ketones (excluding diaryl/α,β-unsaturated/α-hetero) is 1. The average molecular weight is 423 g/mol. The van der Waals surface area contributed by atoms with Gasteiger partial charge in [0.05, 0.1) is 4.88 Å². The molecule has 1 heterocycles. The normalized spacial score (nSPS) is 10.2. The van der Waals surface area contributed by atoms with Crippen LogP contribution < -0.4 is 4.74 Å². The Balaban J connectivity index is 1.97. The summed E-state index contributed by atoms with van der Waals surface area (Å²) in [5.41, 5.74) is 0. The van der Waals surface area contributed by atoms with Gasteiger partial charge in [-0.05, 0) is 74.2 Å². The molecule has 0 aliphatic carbocycles. The van der Waals surface area contributed by atoms with Crippen molar-refractivity contribution in [3.63, 3.8) is 0 Å². The average Bonchev–Trinajstić information content (AvgIpc) is 2.74. The van der Waals surface area contributed by atoms with Crippen LogP contribution in [0.25, 0.3) is 0 Å². The number of carbonyl (C=O) groups is 1. The molecule has 0 amide bonds. The van der Waals surface area contributed by atoms with Crippen LogP contribution >= 0.6 is 49.9 Å². The largest absolute Gasteiger partial charge is 0.485 e. The fraction of sp³-hybridized carbons (Fsp3) is 0.0833. The van der Waals surface area contributed by atoms with E-state index in [1.807, 2.05) is 35.7 Å². The topological polar surface area (TPSA) is 26.3 Å². The maximum atomic E-state index is 11.8. The van der Waals surface area contributed by atoms with Gasteiger partial charge >= 0.3 is 0 Å². The molecule has 17 heavy (non-hydrogen) atoms. The molecule has 88 valence electrons. The van der Waals surface area contributed by atoms with Crippen molar-refractivity contribution in [3.8, 4) is 5.75 Å². The van der Waals surface area contributed by atoms with E-state index in [-0.39, 0.29) is 12.4 Å². The molecule has 0 spiro atoms. The van der Waals surface area contributed by atoms with Gasteiger partial charge in [0, 0.05) is 8.04 Å². The van der Waals surface area contributed by atoms with Crippen LogP contribution in [0.15, 0.2) is 40.2 Å². The number of thiophene rings is 1. The van der Waals surface area contributed by atoms with Crippen molar-refractivity contribution in [1.82, 2.24) is 0 Å². The Hall–Kier alpha value is -0.400. The summed E-state index contributed by atoms with van der Waals surface area (Å²) in [6.45, 7) is 0.0692. The highest BCUT2D eigenvalue weighted by atomic mass is 127. The lowest BCUT2D eigenvalue weighted by Gasteiger charge is -2.04. The molecule has 1 aromatic carbocycles. The number of ketones is 1. The van der Waals surface area contributed by atoms with Crippen molar-refractivity contribution in [3.05, 3.63) is 48.6 Å². The van der Waals surface area contributed by atoms with E-state index in [9.17, 15) is 4.79 Å². The minimum absolute atomic E-state index is 0.00887. The molecule has 2 rings (SSSR count). The first kappa shape index (κ1) is 13.0. The second kappa shape index (κ2) is 5.97. The predicted molar refractivity (Wildman–Crippen MR) is 81.0 cm³/mol. The van der Waals surface area contributed by atoms with Crippen LogP contribution in [0.3, 0.4) is 0 Å². The highest BCUT2D eigenvalue weighted by Gasteiger charge is 2.12. The molecular weight excluding hydrogens is 415 g/mol. The molecule has 0 radical (unpaired) electrons. The number of rotatable bonds is 4. The van der Waals surface area contributed by atoms with E-state index in [1.54, 1.807) is 0 Å².